The molecule has 0 bridgehead atoms. The molecule has 6 nitrogen and oxygen atoms in total. The molecular formula is C18H16BrN3O3. The highest BCUT2D eigenvalue weighted by molar-refractivity contribution is 9.10. The molecule has 2 aromatic carbocycles. The van der Waals surface area contributed by atoms with Gasteiger partial charge in [0.25, 0.3) is 11.5 Å². The predicted molar refractivity (Wildman–Crippen MR) is 99.0 cm³/mol. The van der Waals surface area contributed by atoms with Gasteiger partial charge in [-0.1, -0.05) is 34.1 Å². The van der Waals surface area contributed by atoms with Crippen molar-refractivity contribution in [3.8, 4) is 5.75 Å². The van der Waals surface area contributed by atoms with Crippen molar-refractivity contribution >= 4 is 32.6 Å². The van der Waals surface area contributed by atoms with Crippen molar-refractivity contribution in [3.63, 3.8) is 0 Å². The SMILES string of the molecule is CNC(=O)c1nn(CCOc2ccc(Br)cc2)c(=O)c2ccccc12. The fourth-order valence-electron chi connectivity index (χ4n) is 2.45. The van der Waals surface area contributed by atoms with Crippen molar-refractivity contribution in [2.75, 3.05) is 13.7 Å². The largest absolute Gasteiger partial charge is 0.492 e. The van der Waals surface area contributed by atoms with Crippen LogP contribution in [0.25, 0.3) is 10.8 Å². The molecule has 0 saturated carbocycles. The summed E-state index contributed by atoms with van der Waals surface area (Å²) in [6.07, 6.45) is 0. The van der Waals surface area contributed by atoms with Crippen LogP contribution in [0.2, 0.25) is 0 Å². The predicted octanol–water partition coefficient (Wildman–Crippen LogP) is 2.60. The smallest absolute Gasteiger partial charge is 0.274 e. The maximum absolute atomic E-state index is 12.6. The summed E-state index contributed by atoms with van der Waals surface area (Å²) in [7, 11) is 1.53. The number of rotatable bonds is 5. The summed E-state index contributed by atoms with van der Waals surface area (Å²) >= 11 is 3.36. The van der Waals surface area contributed by atoms with Gasteiger partial charge in [0.1, 0.15) is 12.4 Å². The lowest BCUT2D eigenvalue weighted by molar-refractivity contribution is 0.0957. The Morgan fingerprint density at radius 2 is 1.84 bits per heavy atom. The molecule has 0 aliphatic carbocycles. The third-order valence-corrected chi connectivity index (χ3v) is 4.22. The monoisotopic (exact) mass is 401 g/mol. The number of aromatic nitrogens is 2. The summed E-state index contributed by atoms with van der Waals surface area (Å²) < 4.78 is 7.87. The second-order valence-electron chi connectivity index (χ2n) is 5.30. The van der Waals surface area contributed by atoms with Gasteiger partial charge in [0.15, 0.2) is 5.69 Å². The third kappa shape index (κ3) is 3.71. The molecule has 0 saturated heterocycles. The molecule has 25 heavy (non-hydrogen) atoms. The van der Waals surface area contributed by atoms with Gasteiger partial charge in [0.2, 0.25) is 0 Å². The van der Waals surface area contributed by atoms with E-state index in [1.165, 1.54) is 11.7 Å². The average molecular weight is 402 g/mol. The Morgan fingerprint density at radius 3 is 2.52 bits per heavy atom. The van der Waals surface area contributed by atoms with E-state index in [2.05, 4.69) is 26.3 Å². The topological polar surface area (TPSA) is 73.2 Å². The Labute approximate surface area is 152 Å². The van der Waals surface area contributed by atoms with Crippen molar-refractivity contribution in [2.45, 2.75) is 6.54 Å². The highest BCUT2D eigenvalue weighted by Gasteiger charge is 2.15. The molecule has 0 unspecified atom stereocenters. The number of hydrogen-bond donors (Lipinski definition) is 1. The van der Waals surface area contributed by atoms with Crippen LogP contribution in [0, 0.1) is 0 Å². The van der Waals surface area contributed by atoms with E-state index >= 15 is 0 Å². The summed E-state index contributed by atoms with van der Waals surface area (Å²) in [5.74, 6) is 0.363. The van der Waals surface area contributed by atoms with Crippen molar-refractivity contribution in [2.24, 2.45) is 0 Å². The Hall–Kier alpha value is -2.67. The number of benzene rings is 2. The number of carbonyl (C=O) groups is 1. The fourth-order valence-corrected chi connectivity index (χ4v) is 2.72. The molecular weight excluding hydrogens is 386 g/mol. The van der Waals surface area contributed by atoms with Crippen molar-refractivity contribution < 1.29 is 9.53 Å². The minimum Gasteiger partial charge on any atom is -0.492 e. The van der Waals surface area contributed by atoms with Gasteiger partial charge in [0.05, 0.1) is 11.9 Å². The first-order chi connectivity index (χ1) is 12.1. The molecule has 3 rings (SSSR count). The van der Waals surface area contributed by atoms with Gasteiger partial charge in [-0.25, -0.2) is 4.68 Å². The number of ether oxygens (including phenoxy) is 1. The van der Waals surface area contributed by atoms with E-state index in [9.17, 15) is 9.59 Å². The summed E-state index contributed by atoms with van der Waals surface area (Å²) in [5, 5.41) is 7.77. The van der Waals surface area contributed by atoms with Crippen molar-refractivity contribution in [3.05, 3.63) is 69.1 Å². The standard InChI is InChI=1S/C18H16BrN3O3/c1-20-17(23)16-14-4-2-3-5-15(14)18(24)22(21-16)10-11-25-13-8-6-12(19)7-9-13/h2-9H,10-11H2,1H3,(H,20,23). The number of nitrogens with one attached hydrogen (secondary N) is 1. The van der Waals surface area contributed by atoms with E-state index in [-0.39, 0.29) is 30.3 Å². The minimum absolute atomic E-state index is 0.223. The van der Waals surface area contributed by atoms with Crippen LogP contribution in [-0.2, 0) is 6.54 Å². The minimum atomic E-state index is -0.334. The lowest BCUT2D eigenvalue weighted by Gasteiger charge is -2.11. The molecule has 0 atom stereocenters. The Balaban J connectivity index is 1.88. The van der Waals surface area contributed by atoms with Crippen LogP contribution in [-0.4, -0.2) is 29.3 Å². The summed E-state index contributed by atoms with van der Waals surface area (Å²) in [6.45, 7) is 0.504. The summed E-state index contributed by atoms with van der Waals surface area (Å²) in [4.78, 5) is 24.7. The average Bonchev–Trinajstić information content (AvgIpc) is 2.64. The maximum atomic E-state index is 12.6. The maximum Gasteiger partial charge on any atom is 0.274 e. The highest BCUT2D eigenvalue weighted by Crippen LogP contribution is 2.16. The van der Waals surface area contributed by atoms with Crippen LogP contribution in [0.5, 0.6) is 5.75 Å². The van der Waals surface area contributed by atoms with Crippen LogP contribution in [0.3, 0.4) is 0 Å². The van der Waals surface area contributed by atoms with Gasteiger partial charge in [-0.3, -0.25) is 9.59 Å². The molecule has 7 heteroatoms. The molecule has 0 aliphatic heterocycles. The van der Waals surface area contributed by atoms with Gasteiger partial charge in [0, 0.05) is 16.9 Å². The van der Waals surface area contributed by atoms with Gasteiger partial charge in [-0.05, 0) is 30.3 Å². The lowest BCUT2D eigenvalue weighted by Crippen LogP contribution is -2.30. The molecule has 1 amide bonds. The highest BCUT2D eigenvalue weighted by atomic mass is 79.9. The fraction of sp³-hybridized carbons (Fsp3) is 0.167. The zero-order valence-corrected chi connectivity index (χ0v) is 15.1. The molecule has 1 aromatic heterocycles. The number of nitrogens with zero attached hydrogens (tertiary/aromatic N) is 2. The molecule has 128 valence electrons. The van der Waals surface area contributed by atoms with Crippen LogP contribution in [0.4, 0.5) is 0 Å². The number of carbonyl (C=O) groups excluding carboxylic acids is 1. The second kappa shape index (κ2) is 7.48. The number of hydrogen-bond acceptors (Lipinski definition) is 4. The number of fused-ring (bicyclic) bond motifs is 1. The quantitative estimate of drug-likeness (QED) is 0.712. The zero-order chi connectivity index (χ0) is 17.8. The molecule has 0 spiro atoms. The van der Waals surface area contributed by atoms with Crippen LogP contribution >= 0.6 is 15.9 Å². The number of amides is 1. The van der Waals surface area contributed by atoms with Gasteiger partial charge in [-0.15, -0.1) is 0 Å². The Bertz CT molecular complexity index is 967. The van der Waals surface area contributed by atoms with Gasteiger partial charge in [-0.2, -0.15) is 5.10 Å². The first-order valence-electron chi connectivity index (χ1n) is 7.70. The van der Waals surface area contributed by atoms with Gasteiger partial charge < -0.3 is 10.1 Å². The first kappa shape index (κ1) is 17.2. The summed E-state index contributed by atoms with van der Waals surface area (Å²) in [5.41, 5.74) is -0.0241. The van der Waals surface area contributed by atoms with E-state index in [1.807, 2.05) is 24.3 Å². The molecule has 3 aromatic rings. The third-order valence-electron chi connectivity index (χ3n) is 3.70. The zero-order valence-electron chi connectivity index (χ0n) is 13.5. The van der Waals surface area contributed by atoms with Crippen LogP contribution in [0.15, 0.2) is 57.8 Å². The lowest BCUT2D eigenvalue weighted by atomic mass is 10.1. The van der Waals surface area contributed by atoms with Crippen molar-refractivity contribution in [1.82, 2.24) is 15.1 Å². The first-order valence-corrected chi connectivity index (χ1v) is 8.50. The Morgan fingerprint density at radius 1 is 1.16 bits per heavy atom. The summed E-state index contributed by atoms with van der Waals surface area (Å²) in [6, 6.07) is 14.4. The van der Waals surface area contributed by atoms with Crippen LogP contribution < -0.4 is 15.6 Å². The van der Waals surface area contributed by atoms with Gasteiger partial charge >= 0.3 is 0 Å². The molecule has 1 N–H and O–H groups in total. The normalized spacial score (nSPS) is 10.6. The molecule has 1 heterocycles. The van der Waals surface area contributed by atoms with Crippen molar-refractivity contribution in [1.29, 1.82) is 0 Å². The molecule has 0 radical (unpaired) electrons. The molecule has 0 fully saturated rings. The second-order valence-corrected chi connectivity index (χ2v) is 6.22. The van der Waals surface area contributed by atoms with E-state index in [0.717, 1.165) is 4.47 Å². The van der Waals surface area contributed by atoms with E-state index < -0.39 is 0 Å². The Kier molecular flexibility index (Phi) is 5.14. The van der Waals surface area contributed by atoms with E-state index in [0.29, 0.717) is 16.5 Å². The molecule has 0 aliphatic rings. The number of halogens is 1. The van der Waals surface area contributed by atoms with Crippen LogP contribution in [0.1, 0.15) is 10.5 Å². The van der Waals surface area contributed by atoms with E-state index in [4.69, 9.17) is 4.74 Å². The van der Waals surface area contributed by atoms with E-state index in [1.54, 1.807) is 24.3 Å².